The molecule has 0 bridgehead atoms. The average Bonchev–Trinajstić information content (AvgIpc) is 2.27. The summed E-state index contributed by atoms with van der Waals surface area (Å²) in [5.74, 6) is 1.82. The molecule has 94 valence electrons. The topological polar surface area (TPSA) is 49.2 Å². The third-order valence-corrected chi connectivity index (χ3v) is 4.38. The maximum absolute atomic E-state index is 9.36. The molecule has 1 fully saturated rings. The molecule has 0 spiro atoms. The van der Waals surface area contributed by atoms with E-state index in [4.69, 9.17) is 11.6 Å². The van der Waals surface area contributed by atoms with E-state index in [2.05, 4.69) is 28.7 Å². The highest BCUT2D eigenvalue weighted by atomic mass is 35.5. The first-order chi connectivity index (χ1) is 8.03. The van der Waals surface area contributed by atoms with Gasteiger partial charge in [0.1, 0.15) is 17.3 Å². The lowest BCUT2D eigenvalue weighted by Crippen LogP contribution is -2.44. The van der Waals surface area contributed by atoms with Crippen LogP contribution in [0.5, 0.6) is 0 Å². The maximum Gasteiger partial charge on any atom is 0.140 e. The summed E-state index contributed by atoms with van der Waals surface area (Å²) in [4.78, 5) is 10.3. The number of hydrogen-bond acceptors (Lipinski definition) is 5. The molecule has 1 aliphatic rings. The second-order valence-electron chi connectivity index (χ2n) is 4.65. The molecule has 2 heterocycles. The van der Waals surface area contributed by atoms with Gasteiger partial charge in [-0.25, -0.2) is 9.97 Å². The lowest BCUT2D eigenvalue weighted by molar-refractivity contribution is 0.281. The zero-order valence-electron chi connectivity index (χ0n) is 9.98. The van der Waals surface area contributed by atoms with Crippen LogP contribution < -0.4 is 4.90 Å². The van der Waals surface area contributed by atoms with Crippen molar-refractivity contribution in [1.82, 2.24) is 9.97 Å². The van der Waals surface area contributed by atoms with E-state index in [-0.39, 0.29) is 11.4 Å². The molecule has 0 aromatic carbocycles. The van der Waals surface area contributed by atoms with E-state index in [0.29, 0.717) is 10.7 Å². The van der Waals surface area contributed by atoms with Crippen molar-refractivity contribution in [3.05, 3.63) is 17.0 Å². The molecule has 6 heteroatoms. The molecule has 4 nitrogen and oxygen atoms in total. The van der Waals surface area contributed by atoms with Crippen molar-refractivity contribution in [2.75, 3.05) is 23.7 Å². The van der Waals surface area contributed by atoms with Crippen molar-refractivity contribution in [1.29, 1.82) is 0 Å². The lowest BCUT2D eigenvalue weighted by atomic mass is 10.1. The van der Waals surface area contributed by atoms with Gasteiger partial charge in [0.2, 0.25) is 0 Å². The summed E-state index contributed by atoms with van der Waals surface area (Å²) in [6.45, 7) is 6.13. The Labute approximate surface area is 110 Å². The molecule has 1 aromatic heterocycles. The van der Waals surface area contributed by atoms with Crippen LogP contribution in [0.15, 0.2) is 6.33 Å². The summed E-state index contributed by atoms with van der Waals surface area (Å²) >= 11 is 7.93. The van der Waals surface area contributed by atoms with Gasteiger partial charge in [0, 0.05) is 23.6 Å². The van der Waals surface area contributed by atoms with E-state index in [1.165, 1.54) is 6.33 Å². The zero-order chi connectivity index (χ0) is 12.5. The smallest absolute Gasteiger partial charge is 0.140 e. The van der Waals surface area contributed by atoms with Crippen LogP contribution >= 0.6 is 23.4 Å². The van der Waals surface area contributed by atoms with Gasteiger partial charge in [-0.1, -0.05) is 11.6 Å². The fourth-order valence-corrected chi connectivity index (χ4v) is 3.29. The number of rotatable bonds is 2. The first-order valence-corrected chi connectivity index (χ1v) is 6.89. The fraction of sp³-hybridized carbons (Fsp3) is 0.636. The molecule has 0 saturated carbocycles. The minimum Gasteiger partial charge on any atom is -0.391 e. The van der Waals surface area contributed by atoms with E-state index in [0.717, 1.165) is 24.7 Å². The van der Waals surface area contributed by atoms with E-state index in [1.54, 1.807) is 0 Å². The molecular weight excluding hydrogens is 258 g/mol. The lowest BCUT2D eigenvalue weighted by Gasteiger charge is -2.38. The number of aromatic nitrogens is 2. The molecule has 0 aliphatic carbocycles. The summed E-state index contributed by atoms with van der Waals surface area (Å²) in [5, 5.41) is 9.70. The van der Waals surface area contributed by atoms with Gasteiger partial charge in [0.05, 0.1) is 12.2 Å². The predicted molar refractivity (Wildman–Crippen MR) is 71.7 cm³/mol. The molecule has 0 radical (unpaired) electrons. The van der Waals surface area contributed by atoms with E-state index in [1.807, 2.05) is 11.8 Å². The Balaban J connectivity index is 2.30. The minimum absolute atomic E-state index is 0.126. The van der Waals surface area contributed by atoms with E-state index < -0.39 is 0 Å². The number of aliphatic hydroxyl groups excluding tert-OH is 1. The van der Waals surface area contributed by atoms with Gasteiger partial charge in [0.25, 0.3) is 0 Å². The molecular formula is C11H16ClN3OS. The molecule has 2 rings (SSSR count). The van der Waals surface area contributed by atoms with E-state index >= 15 is 0 Å². The number of halogens is 1. The molecule has 1 aromatic rings. The van der Waals surface area contributed by atoms with Crippen LogP contribution in [0.25, 0.3) is 0 Å². The first kappa shape index (κ1) is 12.9. The molecule has 0 amide bonds. The SMILES string of the molecule is CC1(C)CN(c2ncnc(Cl)c2CO)CCS1. The van der Waals surface area contributed by atoms with Gasteiger partial charge in [-0.3, -0.25) is 0 Å². The van der Waals surface area contributed by atoms with Crippen LogP contribution in [-0.2, 0) is 6.61 Å². The first-order valence-electron chi connectivity index (χ1n) is 5.52. The van der Waals surface area contributed by atoms with Crippen LogP contribution in [0, 0.1) is 0 Å². The number of thioether (sulfide) groups is 1. The summed E-state index contributed by atoms with van der Waals surface area (Å²) in [5.41, 5.74) is 0.622. The monoisotopic (exact) mass is 273 g/mol. The Morgan fingerprint density at radius 2 is 2.29 bits per heavy atom. The zero-order valence-corrected chi connectivity index (χ0v) is 11.6. The highest BCUT2D eigenvalue weighted by molar-refractivity contribution is 8.00. The number of anilines is 1. The number of aliphatic hydroxyl groups is 1. The highest BCUT2D eigenvalue weighted by Gasteiger charge is 2.29. The fourth-order valence-electron chi connectivity index (χ4n) is 1.99. The Kier molecular flexibility index (Phi) is 3.80. The molecule has 1 saturated heterocycles. The minimum atomic E-state index is -0.126. The van der Waals surface area contributed by atoms with Crippen molar-refractivity contribution in [3.8, 4) is 0 Å². The van der Waals surface area contributed by atoms with Gasteiger partial charge in [0.15, 0.2) is 0 Å². The van der Waals surface area contributed by atoms with Crippen LogP contribution in [0.2, 0.25) is 5.15 Å². The van der Waals surface area contributed by atoms with Crippen molar-refractivity contribution in [2.24, 2.45) is 0 Å². The number of nitrogens with zero attached hydrogens (tertiary/aromatic N) is 3. The van der Waals surface area contributed by atoms with Gasteiger partial charge >= 0.3 is 0 Å². The molecule has 1 aliphatic heterocycles. The number of hydrogen-bond donors (Lipinski definition) is 1. The van der Waals surface area contributed by atoms with E-state index in [9.17, 15) is 5.11 Å². The van der Waals surface area contributed by atoms with Gasteiger partial charge in [-0.2, -0.15) is 11.8 Å². The van der Waals surface area contributed by atoms with Crippen LogP contribution in [0.1, 0.15) is 19.4 Å². The summed E-state index contributed by atoms with van der Waals surface area (Å²) in [7, 11) is 0. The Morgan fingerprint density at radius 1 is 1.53 bits per heavy atom. The second-order valence-corrected chi connectivity index (χ2v) is 6.81. The normalized spacial score (nSPS) is 19.4. The largest absolute Gasteiger partial charge is 0.391 e. The summed E-state index contributed by atoms with van der Waals surface area (Å²) in [6.07, 6.45) is 1.45. The van der Waals surface area contributed by atoms with Gasteiger partial charge < -0.3 is 10.0 Å². The van der Waals surface area contributed by atoms with Crippen molar-refractivity contribution in [2.45, 2.75) is 25.2 Å². The third-order valence-electron chi connectivity index (χ3n) is 2.75. The Morgan fingerprint density at radius 3 is 2.94 bits per heavy atom. The molecule has 0 unspecified atom stereocenters. The summed E-state index contributed by atoms with van der Waals surface area (Å²) in [6, 6.07) is 0. The van der Waals surface area contributed by atoms with Crippen LogP contribution in [0.4, 0.5) is 5.82 Å². The standard InChI is InChI=1S/C11H16ClN3OS/c1-11(2)6-15(3-4-17-11)10-8(5-16)9(12)13-7-14-10/h7,16H,3-6H2,1-2H3. The Bertz CT molecular complexity index is 414. The molecule has 17 heavy (non-hydrogen) atoms. The van der Waals surface area contributed by atoms with Crippen LogP contribution in [-0.4, -0.2) is 38.7 Å². The maximum atomic E-state index is 9.36. The van der Waals surface area contributed by atoms with Gasteiger partial charge in [-0.15, -0.1) is 0 Å². The third kappa shape index (κ3) is 2.84. The van der Waals surface area contributed by atoms with Crippen LogP contribution in [0.3, 0.4) is 0 Å². The van der Waals surface area contributed by atoms with Crippen molar-refractivity contribution < 1.29 is 5.11 Å². The van der Waals surface area contributed by atoms with Crippen molar-refractivity contribution in [3.63, 3.8) is 0 Å². The Hall–Kier alpha value is -0.520. The highest BCUT2D eigenvalue weighted by Crippen LogP contribution is 2.33. The quantitative estimate of drug-likeness (QED) is 0.835. The van der Waals surface area contributed by atoms with Crippen molar-refractivity contribution >= 4 is 29.2 Å². The predicted octanol–water partition coefficient (Wildman–Crippen LogP) is 1.95. The van der Waals surface area contributed by atoms with Gasteiger partial charge in [-0.05, 0) is 13.8 Å². The second kappa shape index (κ2) is 5.00. The molecule has 1 N–H and O–H groups in total. The average molecular weight is 274 g/mol. The molecule has 0 atom stereocenters. The summed E-state index contributed by atoms with van der Waals surface area (Å²) < 4.78 is 0.197.